The lowest BCUT2D eigenvalue weighted by Gasteiger charge is -2.15. The number of ether oxygens (including phenoxy) is 1. The number of nitrogens with one attached hydrogen (secondary N) is 2. The van der Waals surface area contributed by atoms with Crippen LogP contribution >= 0.6 is 0 Å². The molecule has 0 saturated carbocycles. The zero-order valence-corrected chi connectivity index (χ0v) is 12.4. The summed E-state index contributed by atoms with van der Waals surface area (Å²) in [7, 11) is 1.55. The molecule has 6 heteroatoms. The van der Waals surface area contributed by atoms with Gasteiger partial charge >= 0.3 is 0 Å². The van der Waals surface area contributed by atoms with E-state index in [0.717, 1.165) is 13.0 Å². The van der Waals surface area contributed by atoms with Gasteiger partial charge in [0.1, 0.15) is 12.1 Å². The van der Waals surface area contributed by atoms with Crippen molar-refractivity contribution in [2.45, 2.75) is 20.3 Å². The summed E-state index contributed by atoms with van der Waals surface area (Å²) in [5, 5.41) is 6.27. The van der Waals surface area contributed by atoms with E-state index >= 15 is 0 Å². The van der Waals surface area contributed by atoms with Gasteiger partial charge < -0.3 is 15.4 Å². The highest BCUT2D eigenvalue weighted by atomic mass is 19.1. The molecule has 0 radical (unpaired) electrons. The van der Waals surface area contributed by atoms with Crippen LogP contribution in [0.5, 0.6) is 5.75 Å². The van der Waals surface area contributed by atoms with Gasteiger partial charge in [-0.3, -0.25) is 0 Å². The molecule has 2 aromatic rings. The van der Waals surface area contributed by atoms with E-state index in [0.29, 0.717) is 28.6 Å². The molecule has 0 aliphatic rings. The van der Waals surface area contributed by atoms with Gasteiger partial charge in [-0.15, -0.1) is 0 Å². The Balaban J connectivity index is 2.33. The number of methoxy groups -OCH3 is 1. The predicted octanol–water partition coefficient (Wildman–Crippen LogP) is 3.50. The minimum atomic E-state index is -0.266. The SMILES string of the molecule is CCCNc1ncnc(Nc2cccc(F)c2C)c1OC. The maximum atomic E-state index is 13.6. The fourth-order valence-electron chi connectivity index (χ4n) is 1.90. The average Bonchev–Trinajstić information content (AvgIpc) is 2.50. The summed E-state index contributed by atoms with van der Waals surface area (Å²) in [6, 6.07) is 4.86. The van der Waals surface area contributed by atoms with Gasteiger partial charge in [0.25, 0.3) is 0 Å². The van der Waals surface area contributed by atoms with Crippen molar-refractivity contribution >= 4 is 17.3 Å². The van der Waals surface area contributed by atoms with Gasteiger partial charge in [-0.2, -0.15) is 0 Å². The maximum absolute atomic E-state index is 13.6. The van der Waals surface area contributed by atoms with Crippen LogP contribution in [0.25, 0.3) is 0 Å². The van der Waals surface area contributed by atoms with E-state index in [1.807, 2.05) is 0 Å². The third-order valence-corrected chi connectivity index (χ3v) is 3.07. The first-order valence-corrected chi connectivity index (χ1v) is 6.82. The molecule has 2 rings (SSSR count). The Labute approximate surface area is 123 Å². The zero-order chi connectivity index (χ0) is 15.2. The standard InChI is InChI=1S/C15H19FN4O/c1-4-8-17-14-13(21-3)15(19-9-18-14)20-12-7-5-6-11(16)10(12)2/h5-7,9H,4,8H2,1-3H3,(H2,17,18,19,20). The molecule has 21 heavy (non-hydrogen) atoms. The van der Waals surface area contributed by atoms with Crippen molar-refractivity contribution in [3.63, 3.8) is 0 Å². The Kier molecular flexibility index (Phi) is 4.92. The molecule has 0 bridgehead atoms. The van der Waals surface area contributed by atoms with Crippen LogP contribution in [0.15, 0.2) is 24.5 Å². The number of halogens is 1. The second-order valence-electron chi connectivity index (χ2n) is 4.57. The molecule has 0 fully saturated rings. The Morgan fingerprint density at radius 3 is 2.71 bits per heavy atom. The summed E-state index contributed by atoms with van der Waals surface area (Å²) < 4.78 is 19.0. The van der Waals surface area contributed by atoms with E-state index in [2.05, 4.69) is 27.5 Å². The van der Waals surface area contributed by atoms with Crippen LogP contribution in [-0.2, 0) is 0 Å². The third kappa shape index (κ3) is 3.39. The molecule has 0 atom stereocenters. The minimum Gasteiger partial charge on any atom is -0.490 e. The van der Waals surface area contributed by atoms with Crippen molar-refractivity contribution in [1.29, 1.82) is 0 Å². The second kappa shape index (κ2) is 6.88. The molecule has 2 N–H and O–H groups in total. The number of rotatable bonds is 6. The monoisotopic (exact) mass is 290 g/mol. The van der Waals surface area contributed by atoms with Crippen molar-refractivity contribution in [1.82, 2.24) is 9.97 Å². The molecular formula is C15H19FN4O. The minimum absolute atomic E-state index is 0.266. The second-order valence-corrected chi connectivity index (χ2v) is 4.57. The normalized spacial score (nSPS) is 10.3. The van der Waals surface area contributed by atoms with Crippen LogP contribution in [0.3, 0.4) is 0 Å². The van der Waals surface area contributed by atoms with Gasteiger partial charge in [0.2, 0.25) is 5.75 Å². The molecule has 0 amide bonds. The Morgan fingerprint density at radius 2 is 2.00 bits per heavy atom. The van der Waals surface area contributed by atoms with Crippen LogP contribution in [-0.4, -0.2) is 23.6 Å². The van der Waals surface area contributed by atoms with Crippen molar-refractivity contribution in [3.8, 4) is 5.75 Å². The molecule has 0 saturated heterocycles. The average molecular weight is 290 g/mol. The molecule has 0 unspecified atom stereocenters. The van der Waals surface area contributed by atoms with Gasteiger partial charge in [-0.05, 0) is 25.5 Å². The lowest BCUT2D eigenvalue weighted by Crippen LogP contribution is -2.07. The molecule has 1 heterocycles. The van der Waals surface area contributed by atoms with E-state index < -0.39 is 0 Å². The van der Waals surface area contributed by atoms with Gasteiger partial charge in [0.15, 0.2) is 11.6 Å². The number of anilines is 3. The third-order valence-electron chi connectivity index (χ3n) is 3.07. The first-order valence-electron chi connectivity index (χ1n) is 6.82. The van der Waals surface area contributed by atoms with Crippen molar-refractivity contribution in [2.75, 3.05) is 24.3 Å². The summed E-state index contributed by atoms with van der Waals surface area (Å²) in [4.78, 5) is 8.34. The smallest absolute Gasteiger partial charge is 0.204 e. The van der Waals surface area contributed by atoms with Crippen LogP contribution < -0.4 is 15.4 Å². The van der Waals surface area contributed by atoms with Crippen LogP contribution in [0.2, 0.25) is 0 Å². The van der Waals surface area contributed by atoms with Crippen molar-refractivity contribution in [2.24, 2.45) is 0 Å². The number of benzene rings is 1. The van der Waals surface area contributed by atoms with Crippen LogP contribution in [0.4, 0.5) is 21.7 Å². The largest absolute Gasteiger partial charge is 0.490 e. The van der Waals surface area contributed by atoms with E-state index in [1.165, 1.54) is 12.4 Å². The lowest BCUT2D eigenvalue weighted by atomic mass is 10.2. The van der Waals surface area contributed by atoms with E-state index in [1.54, 1.807) is 26.2 Å². The topological polar surface area (TPSA) is 59.1 Å². The van der Waals surface area contributed by atoms with Gasteiger partial charge in [0, 0.05) is 17.8 Å². The molecule has 0 spiro atoms. The number of hydrogen-bond donors (Lipinski definition) is 2. The Hall–Kier alpha value is -2.37. The van der Waals surface area contributed by atoms with Crippen LogP contribution in [0, 0.1) is 12.7 Å². The van der Waals surface area contributed by atoms with Gasteiger partial charge in [-0.1, -0.05) is 13.0 Å². The summed E-state index contributed by atoms with van der Waals surface area (Å²) in [6.45, 7) is 4.56. The lowest BCUT2D eigenvalue weighted by molar-refractivity contribution is 0.415. The summed E-state index contributed by atoms with van der Waals surface area (Å²) in [6.07, 6.45) is 2.41. The fraction of sp³-hybridized carbons (Fsp3) is 0.333. The van der Waals surface area contributed by atoms with Gasteiger partial charge in [-0.25, -0.2) is 14.4 Å². The van der Waals surface area contributed by atoms with Crippen molar-refractivity contribution in [3.05, 3.63) is 35.9 Å². The molecule has 1 aromatic carbocycles. The Bertz CT molecular complexity index is 619. The highest BCUT2D eigenvalue weighted by Crippen LogP contribution is 2.32. The summed E-state index contributed by atoms with van der Waals surface area (Å²) in [5.41, 5.74) is 1.18. The Morgan fingerprint density at radius 1 is 1.24 bits per heavy atom. The van der Waals surface area contributed by atoms with E-state index in [-0.39, 0.29) is 5.82 Å². The summed E-state index contributed by atoms with van der Waals surface area (Å²) >= 11 is 0. The van der Waals surface area contributed by atoms with E-state index in [9.17, 15) is 4.39 Å². The molecule has 0 aliphatic carbocycles. The molecule has 1 aromatic heterocycles. The fourth-order valence-corrected chi connectivity index (χ4v) is 1.90. The van der Waals surface area contributed by atoms with Gasteiger partial charge in [0.05, 0.1) is 7.11 Å². The zero-order valence-electron chi connectivity index (χ0n) is 12.4. The first-order chi connectivity index (χ1) is 10.2. The molecule has 5 nitrogen and oxygen atoms in total. The number of aromatic nitrogens is 2. The summed E-state index contributed by atoms with van der Waals surface area (Å²) in [5.74, 6) is 1.36. The predicted molar refractivity (Wildman–Crippen MR) is 81.8 cm³/mol. The maximum Gasteiger partial charge on any atom is 0.204 e. The number of hydrogen-bond acceptors (Lipinski definition) is 5. The van der Waals surface area contributed by atoms with E-state index in [4.69, 9.17) is 4.74 Å². The highest BCUT2D eigenvalue weighted by Gasteiger charge is 2.13. The molecular weight excluding hydrogens is 271 g/mol. The number of nitrogens with zero attached hydrogens (tertiary/aromatic N) is 2. The quantitative estimate of drug-likeness (QED) is 0.852. The first kappa shape index (κ1) is 15.0. The highest BCUT2D eigenvalue weighted by molar-refractivity contribution is 5.70. The molecule has 112 valence electrons. The van der Waals surface area contributed by atoms with Crippen LogP contribution in [0.1, 0.15) is 18.9 Å². The molecule has 0 aliphatic heterocycles. The van der Waals surface area contributed by atoms with Crippen molar-refractivity contribution < 1.29 is 9.13 Å².